The minimum absolute atomic E-state index is 0.283. The van der Waals surface area contributed by atoms with Crippen LogP contribution in [0.15, 0.2) is 53.4 Å². The molecule has 0 N–H and O–H groups in total. The Labute approximate surface area is 128 Å². The topological polar surface area (TPSA) is 34.4 Å². The molecule has 0 radical (unpaired) electrons. The number of hydrogen-bond donors (Lipinski definition) is 0. The van der Waals surface area contributed by atoms with Crippen LogP contribution in [0.2, 0.25) is 0 Å². The van der Waals surface area contributed by atoms with E-state index in [0.717, 1.165) is 10.2 Å². The molecule has 0 aliphatic rings. The number of aromatic nitrogens is 1. The highest BCUT2D eigenvalue weighted by atomic mass is 32.1. The Hall–Kier alpha value is -2.05. The van der Waals surface area contributed by atoms with E-state index in [1.807, 2.05) is 16.0 Å². The molecule has 2 aromatic heterocycles. The summed E-state index contributed by atoms with van der Waals surface area (Å²) >= 11 is 2.65. The first-order valence-corrected chi connectivity index (χ1v) is 7.91. The average molecular weight is 318 g/mol. The molecule has 6 heteroatoms. The standard InChI is InChI=1S/C15H11FN2OS2/c1-2-7-18-11-6-5-10(16)9-13(11)21-15(18)17-14(19)12-4-3-8-20-12/h2-6,8-9H,1,7H2. The molecule has 0 fully saturated rings. The molecule has 1 amide bonds. The molecular weight excluding hydrogens is 307 g/mol. The van der Waals surface area contributed by atoms with Gasteiger partial charge in [0.2, 0.25) is 0 Å². The van der Waals surface area contributed by atoms with Crippen molar-refractivity contribution in [1.29, 1.82) is 0 Å². The smallest absolute Gasteiger partial charge is 0.289 e. The number of rotatable bonds is 3. The molecule has 0 saturated carbocycles. The van der Waals surface area contributed by atoms with Gasteiger partial charge in [-0.25, -0.2) is 4.39 Å². The molecule has 3 aromatic rings. The second-order valence-corrected chi connectivity index (χ2v) is 6.25. The summed E-state index contributed by atoms with van der Waals surface area (Å²) in [4.78, 5) is 17.4. The molecule has 0 unspecified atom stereocenters. The van der Waals surface area contributed by atoms with Crippen molar-refractivity contribution in [1.82, 2.24) is 4.57 Å². The first-order valence-electron chi connectivity index (χ1n) is 6.21. The Kier molecular flexibility index (Phi) is 3.81. The molecule has 0 aliphatic heterocycles. The van der Waals surface area contributed by atoms with Crippen LogP contribution in [0, 0.1) is 5.82 Å². The summed E-state index contributed by atoms with van der Waals surface area (Å²) in [5.74, 6) is -0.583. The number of amides is 1. The maximum Gasteiger partial charge on any atom is 0.289 e. The van der Waals surface area contributed by atoms with Gasteiger partial charge in [0.15, 0.2) is 4.80 Å². The predicted molar refractivity (Wildman–Crippen MR) is 84.2 cm³/mol. The SMILES string of the molecule is C=CCn1c(=NC(=O)c2cccs2)sc2cc(F)ccc21. The van der Waals surface area contributed by atoms with Crippen molar-refractivity contribution in [2.24, 2.45) is 4.99 Å². The van der Waals surface area contributed by atoms with Crippen molar-refractivity contribution in [3.8, 4) is 0 Å². The third kappa shape index (κ3) is 2.72. The van der Waals surface area contributed by atoms with E-state index in [9.17, 15) is 9.18 Å². The summed E-state index contributed by atoms with van der Waals surface area (Å²) < 4.78 is 15.9. The minimum Gasteiger partial charge on any atom is -0.312 e. The molecule has 0 spiro atoms. The summed E-state index contributed by atoms with van der Waals surface area (Å²) in [7, 11) is 0. The predicted octanol–water partition coefficient (Wildman–Crippen LogP) is 3.83. The lowest BCUT2D eigenvalue weighted by Crippen LogP contribution is -2.15. The van der Waals surface area contributed by atoms with Gasteiger partial charge in [-0.05, 0) is 29.6 Å². The largest absolute Gasteiger partial charge is 0.312 e. The summed E-state index contributed by atoms with van der Waals surface area (Å²) in [5.41, 5.74) is 0.846. The van der Waals surface area contributed by atoms with Crippen LogP contribution in [0.25, 0.3) is 10.2 Å². The van der Waals surface area contributed by atoms with Crippen LogP contribution in [0.1, 0.15) is 9.67 Å². The molecule has 0 atom stereocenters. The zero-order valence-electron chi connectivity index (χ0n) is 11.0. The lowest BCUT2D eigenvalue weighted by Gasteiger charge is -2.00. The van der Waals surface area contributed by atoms with Crippen LogP contribution in [0.3, 0.4) is 0 Å². The lowest BCUT2D eigenvalue weighted by molar-refractivity contribution is 0.100. The molecular formula is C15H11FN2OS2. The lowest BCUT2D eigenvalue weighted by atomic mass is 10.3. The molecule has 2 heterocycles. The highest BCUT2D eigenvalue weighted by molar-refractivity contribution is 7.16. The van der Waals surface area contributed by atoms with E-state index in [0.29, 0.717) is 16.2 Å². The van der Waals surface area contributed by atoms with Crippen LogP contribution >= 0.6 is 22.7 Å². The summed E-state index contributed by atoms with van der Waals surface area (Å²) in [6.45, 7) is 4.23. The molecule has 3 nitrogen and oxygen atoms in total. The fraction of sp³-hybridized carbons (Fsp3) is 0.0667. The van der Waals surface area contributed by atoms with Gasteiger partial charge >= 0.3 is 0 Å². The number of fused-ring (bicyclic) bond motifs is 1. The second-order valence-electron chi connectivity index (χ2n) is 4.29. The van der Waals surface area contributed by atoms with Crippen LogP contribution in [0.5, 0.6) is 0 Å². The fourth-order valence-electron chi connectivity index (χ4n) is 1.98. The van der Waals surface area contributed by atoms with E-state index in [-0.39, 0.29) is 11.7 Å². The quantitative estimate of drug-likeness (QED) is 0.676. The zero-order chi connectivity index (χ0) is 14.8. The Morgan fingerprint density at radius 2 is 2.29 bits per heavy atom. The highest BCUT2D eigenvalue weighted by Gasteiger charge is 2.09. The maximum absolute atomic E-state index is 13.3. The molecule has 1 aromatic carbocycles. The Bertz CT molecular complexity index is 875. The van der Waals surface area contributed by atoms with E-state index in [1.165, 1.54) is 34.8 Å². The molecule has 106 valence electrons. The number of carbonyl (C=O) groups excluding carboxylic acids is 1. The fourth-order valence-corrected chi connectivity index (χ4v) is 3.65. The number of carbonyl (C=O) groups is 1. The summed E-state index contributed by atoms with van der Waals surface area (Å²) in [6, 6.07) is 8.10. The Morgan fingerprint density at radius 3 is 3.00 bits per heavy atom. The molecule has 21 heavy (non-hydrogen) atoms. The zero-order valence-corrected chi connectivity index (χ0v) is 12.6. The Balaban J connectivity index is 2.19. The number of allylic oxidation sites excluding steroid dienone is 1. The monoisotopic (exact) mass is 318 g/mol. The van der Waals surface area contributed by atoms with Gasteiger partial charge in [-0.2, -0.15) is 4.99 Å². The third-order valence-corrected chi connectivity index (χ3v) is 4.78. The van der Waals surface area contributed by atoms with Crippen molar-refractivity contribution in [2.45, 2.75) is 6.54 Å². The number of thiazole rings is 1. The van der Waals surface area contributed by atoms with E-state index >= 15 is 0 Å². The molecule has 0 saturated heterocycles. The first kappa shape index (κ1) is 13.9. The number of halogens is 1. The van der Waals surface area contributed by atoms with Gasteiger partial charge < -0.3 is 4.57 Å². The van der Waals surface area contributed by atoms with Crippen molar-refractivity contribution >= 4 is 38.8 Å². The highest BCUT2D eigenvalue weighted by Crippen LogP contribution is 2.19. The molecule has 0 aliphatic carbocycles. The first-order chi connectivity index (χ1) is 10.2. The van der Waals surface area contributed by atoms with Crippen molar-refractivity contribution in [3.63, 3.8) is 0 Å². The van der Waals surface area contributed by atoms with Gasteiger partial charge in [-0.15, -0.1) is 17.9 Å². The van der Waals surface area contributed by atoms with Crippen molar-refractivity contribution in [2.75, 3.05) is 0 Å². The van der Waals surface area contributed by atoms with E-state index in [2.05, 4.69) is 11.6 Å². The van der Waals surface area contributed by atoms with Gasteiger partial charge in [-0.1, -0.05) is 23.5 Å². The summed E-state index contributed by atoms with van der Waals surface area (Å²) in [6.07, 6.45) is 1.73. The van der Waals surface area contributed by atoms with Gasteiger partial charge in [0.05, 0.1) is 15.1 Å². The normalized spacial score (nSPS) is 12.0. The number of nitrogens with zero attached hydrogens (tertiary/aromatic N) is 2. The van der Waals surface area contributed by atoms with Crippen LogP contribution < -0.4 is 4.80 Å². The summed E-state index contributed by atoms with van der Waals surface area (Å²) in [5, 5.41) is 1.83. The number of hydrogen-bond acceptors (Lipinski definition) is 3. The second kappa shape index (κ2) is 5.75. The average Bonchev–Trinajstić information content (AvgIpc) is 3.08. The van der Waals surface area contributed by atoms with Crippen molar-refractivity contribution < 1.29 is 9.18 Å². The van der Waals surface area contributed by atoms with Crippen molar-refractivity contribution in [3.05, 3.63) is 63.9 Å². The van der Waals surface area contributed by atoms with Gasteiger partial charge in [-0.3, -0.25) is 4.79 Å². The van der Waals surface area contributed by atoms with E-state index in [1.54, 1.807) is 18.2 Å². The third-order valence-electron chi connectivity index (χ3n) is 2.89. The van der Waals surface area contributed by atoms with Crippen LogP contribution in [0.4, 0.5) is 4.39 Å². The van der Waals surface area contributed by atoms with Gasteiger partial charge in [0.25, 0.3) is 5.91 Å². The number of thiophene rings is 1. The maximum atomic E-state index is 13.3. The molecule has 3 rings (SSSR count). The van der Waals surface area contributed by atoms with Crippen LogP contribution in [-0.2, 0) is 6.54 Å². The van der Waals surface area contributed by atoms with E-state index in [4.69, 9.17) is 0 Å². The van der Waals surface area contributed by atoms with E-state index < -0.39 is 0 Å². The number of benzene rings is 1. The Morgan fingerprint density at radius 1 is 1.43 bits per heavy atom. The van der Waals surface area contributed by atoms with Gasteiger partial charge in [0.1, 0.15) is 5.82 Å². The van der Waals surface area contributed by atoms with Crippen LogP contribution in [-0.4, -0.2) is 10.5 Å². The molecule has 0 bridgehead atoms. The van der Waals surface area contributed by atoms with Gasteiger partial charge in [0, 0.05) is 6.54 Å². The minimum atomic E-state index is -0.300.